The van der Waals surface area contributed by atoms with Crippen molar-refractivity contribution in [2.24, 2.45) is 0 Å². The predicted octanol–water partition coefficient (Wildman–Crippen LogP) is -0.619. The molecule has 1 unspecified atom stereocenters. The molecule has 4 nitrogen and oxygen atoms in total. The summed E-state index contributed by atoms with van der Waals surface area (Å²) in [4.78, 5) is 10.5. The minimum Gasteiger partial charge on any atom is -0.479 e. The largest absolute Gasteiger partial charge is 0.479 e. The van der Waals surface area contributed by atoms with E-state index in [-0.39, 0.29) is 0 Å². The Morgan fingerprint density at radius 1 is 1.78 bits per heavy atom. The van der Waals surface area contributed by atoms with Gasteiger partial charge in [0, 0.05) is 6.54 Å². The van der Waals surface area contributed by atoms with Gasteiger partial charge in [0.2, 0.25) is 0 Å². The van der Waals surface area contributed by atoms with Gasteiger partial charge in [-0.05, 0) is 12.8 Å². The third kappa shape index (κ3) is 0.469. The summed E-state index contributed by atoms with van der Waals surface area (Å²) >= 11 is 0. The monoisotopic (exact) mass is 128 g/mol. The van der Waals surface area contributed by atoms with Crippen molar-refractivity contribution in [3.05, 3.63) is 0 Å². The van der Waals surface area contributed by atoms with E-state index in [9.17, 15) is 4.79 Å². The average Bonchev–Trinajstić information content (AvgIpc) is 2.38. The maximum absolute atomic E-state index is 10.5. The Balaban J connectivity index is 2.19. The number of carbonyl (C=O) groups is 1. The lowest BCUT2D eigenvalue weighted by Gasteiger charge is -1.97. The molecular weight excluding hydrogens is 120 g/mol. The van der Waals surface area contributed by atoms with Crippen LogP contribution >= 0.6 is 0 Å². The van der Waals surface area contributed by atoms with Crippen molar-refractivity contribution in [1.82, 2.24) is 10.4 Å². The molecule has 4 heteroatoms. The Labute approximate surface area is 52.4 Å². The summed E-state index contributed by atoms with van der Waals surface area (Å²) < 4.78 is 0. The summed E-state index contributed by atoms with van der Waals surface area (Å²) in [5.41, 5.74) is 2.18. The number of nitrogens with one attached hydrogen (secondary N) is 1. The van der Waals surface area contributed by atoms with Crippen LogP contribution < -0.4 is 5.43 Å². The van der Waals surface area contributed by atoms with Crippen LogP contribution in [0.2, 0.25) is 0 Å². The molecule has 0 saturated carbocycles. The molecule has 0 aromatic carbocycles. The number of rotatable bonds is 1. The van der Waals surface area contributed by atoms with Gasteiger partial charge in [-0.15, -0.1) is 0 Å². The average molecular weight is 128 g/mol. The van der Waals surface area contributed by atoms with Crippen LogP contribution in [0.5, 0.6) is 0 Å². The zero-order valence-electron chi connectivity index (χ0n) is 4.92. The number of nitrogens with zero attached hydrogens (tertiary/aromatic N) is 1. The summed E-state index contributed by atoms with van der Waals surface area (Å²) in [6.45, 7) is 0.881. The first-order valence-corrected chi connectivity index (χ1v) is 3.04. The molecule has 2 aliphatic heterocycles. The number of hydrogen-bond donors (Lipinski definition) is 2. The fourth-order valence-electron chi connectivity index (χ4n) is 1.40. The summed E-state index contributed by atoms with van der Waals surface area (Å²) in [6, 6.07) is 0. The van der Waals surface area contributed by atoms with Crippen molar-refractivity contribution in [1.29, 1.82) is 0 Å². The maximum Gasteiger partial charge on any atom is 0.341 e. The summed E-state index contributed by atoms with van der Waals surface area (Å²) in [6.07, 6.45) is 1.75. The highest BCUT2D eigenvalue weighted by molar-refractivity contribution is 5.81. The molecule has 2 heterocycles. The number of aliphatic carboxylic acids is 1. The Hall–Kier alpha value is -0.610. The normalized spacial score (nSPS) is 46.4. The standard InChI is InChI=1S/C5H8N2O2/c8-4(9)5-2-1-3-7(5)6-5/h6H,1-3H2,(H,8,9)/t5-,7?/m1/s1. The first kappa shape index (κ1) is 5.20. The SMILES string of the molecule is O=C(O)[C@@]12CCCN1N2. The van der Waals surface area contributed by atoms with Crippen LogP contribution in [0.4, 0.5) is 0 Å². The van der Waals surface area contributed by atoms with E-state index in [2.05, 4.69) is 5.43 Å². The quantitative estimate of drug-likeness (QED) is 0.462. The van der Waals surface area contributed by atoms with E-state index in [4.69, 9.17) is 5.11 Å². The Morgan fingerprint density at radius 2 is 2.56 bits per heavy atom. The number of carboxylic acid groups (broad SMARTS) is 1. The minimum absolute atomic E-state index is 0.639. The zero-order valence-corrected chi connectivity index (χ0v) is 4.92. The van der Waals surface area contributed by atoms with E-state index in [1.807, 2.05) is 0 Å². The van der Waals surface area contributed by atoms with Crippen molar-refractivity contribution >= 4 is 5.97 Å². The Bertz CT molecular complexity index is 170. The lowest BCUT2D eigenvalue weighted by Crippen LogP contribution is -2.26. The fraction of sp³-hybridized carbons (Fsp3) is 0.800. The summed E-state index contributed by atoms with van der Waals surface area (Å²) in [7, 11) is 0. The van der Waals surface area contributed by atoms with Gasteiger partial charge >= 0.3 is 5.97 Å². The van der Waals surface area contributed by atoms with Gasteiger partial charge in [0.05, 0.1) is 0 Å². The molecule has 0 aliphatic carbocycles. The Kier molecular flexibility index (Phi) is 0.736. The van der Waals surface area contributed by atoms with E-state index >= 15 is 0 Å². The van der Waals surface area contributed by atoms with E-state index in [0.29, 0.717) is 0 Å². The van der Waals surface area contributed by atoms with Gasteiger partial charge in [-0.1, -0.05) is 0 Å². The summed E-state index contributed by atoms with van der Waals surface area (Å²) in [5, 5.41) is 10.4. The van der Waals surface area contributed by atoms with Crippen molar-refractivity contribution in [2.75, 3.05) is 6.54 Å². The smallest absolute Gasteiger partial charge is 0.341 e. The molecule has 0 spiro atoms. The van der Waals surface area contributed by atoms with E-state index in [0.717, 1.165) is 19.4 Å². The topological polar surface area (TPSA) is 62.2 Å². The predicted molar refractivity (Wildman–Crippen MR) is 29.4 cm³/mol. The van der Waals surface area contributed by atoms with Crippen LogP contribution in [-0.4, -0.2) is 28.3 Å². The van der Waals surface area contributed by atoms with Gasteiger partial charge in [-0.25, -0.2) is 15.2 Å². The van der Waals surface area contributed by atoms with Crippen LogP contribution in [-0.2, 0) is 4.79 Å². The molecule has 0 radical (unpaired) electrons. The van der Waals surface area contributed by atoms with Crippen LogP contribution in [0.15, 0.2) is 0 Å². The third-order valence-corrected chi connectivity index (χ3v) is 2.00. The van der Waals surface area contributed by atoms with Gasteiger partial charge in [-0.3, -0.25) is 0 Å². The van der Waals surface area contributed by atoms with Crippen molar-refractivity contribution < 1.29 is 9.90 Å². The van der Waals surface area contributed by atoms with Gasteiger partial charge in [0.25, 0.3) is 0 Å². The molecule has 2 saturated heterocycles. The third-order valence-electron chi connectivity index (χ3n) is 2.00. The van der Waals surface area contributed by atoms with Crippen molar-refractivity contribution in [2.45, 2.75) is 18.5 Å². The van der Waals surface area contributed by atoms with Crippen LogP contribution in [0.1, 0.15) is 12.8 Å². The molecular formula is C5H8N2O2. The molecule has 0 aromatic rings. The second kappa shape index (κ2) is 1.27. The zero-order chi connectivity index (χ0) is 6.48. The first-order valence-electron chi connectivity index (χ1n) is 3.04. The molecule has 9 heavy (non-hydrogen) atoms. The highest BCUT2D eigenvalue weighted by Crippen LogP contribution is 2.36. The molecule has 0 bridgehead atoms. The van der Waals surface area contributed by atoms with E-state index < -0.39 is 11.6 Å². The van der Waals surface area contributed by atoms with Gasteiger partial charge < -0.3 is 5.11 Å². The number of fused-ring (bicyclic) bond motifs is 1. The van der Waals surface area contributed by atoms with Gasteiger partial charge in [-0.2, -0.15) is 0 Å². The molecule has 0 aromatic heterocycles. The van der Waals surface area contributed by atoms with E-state index in [1.54, 1.807) is 5.01 Å². The number of hydrazine groups is 1. The highest BCUT2D eigenvalue weighted by Gasteiger charge is 2.61. The van der Waals surface area contributed by atoms with Crippen LogP contribution in [0, 0.1) is 0 Å². The van der Waals surface area contributed by atoms with Crippen molar-refractivity contribution in [3.8, 4) is 0 Å². The first-order chi connectivity index (χ1) is 4.26. The van der Waals surface area contributed by atoms with Gasteiger partial charge in [0.1, 0.15) is 0 Å². The number of hydrogen-bond acceptors (Lipinski definition) is 3. The molecule has 0 amide bonds. The van der Waals surface area contributed by atoms with Crippen LogP contribution in [0.3, 0.4) is 0 Å². The summed E-state index contributed by atoms with van der Waals surface area (Å²) in [5.74, 6) is -0.736. The van der Waals surface area contributed by atoms with Crippen molar-refractivity contribution in [3.63, 3.8) is 0 Å². The van der Waals surface area contributed by atoms with Crippen LogP contribution in [0.25, 0.3) is 0 Å². The molecule has 2 N–H and O–H groups in total. The lowest BCUT2D eigenvalue weighted by atomic mass is 10.2. The molecule has 50 valence electrons. The highest BCUT2D eigenvalue weighted by atomic mass is 16.4. The Morgan fingerprint density at radius 3 is 2.78 bits per heavy atom. The van der Waals surface area contributed by atoms with E-state index in [1.165, 1.54) is 0 Å². The molecule has 2 atom stereocenters. The minimum atomic E-state index is -0.736. The molecule has 2 fully saturated rings. The maximum atomic E-state index is 10.5. The second-order valence-electron chi connectivity index (χ2n) is 2.53. The lowest BCUT2D eigenvalue weighted by molar-refractivity contribution is -0.141. The fourth-order valence-corrected chi connectivity index (χ4v) is 1.40. The molecule has 2 aliphatic rings. The van der Waals surface area contributed by atoms with Gasteiger partial charge in [0.15, 0.2) is 5.66 Å². The number of carboxylic acids is 1. The second-order valence-corrected chi connectivity index (χ2v) is 2.53. The molecule has 2 rings (SSSR count).